The van der Waals surface area contributed by atoms with E-state index in [9.17, 15) is 4.79 Å². The van der Waals surface area contributed by atoms with E-state index in [0.717, 1.165) is 22.3 Å². The number of nitrogens with one attached hydrogen (secondary N) is 2. The van der Waals surface area contributed by atoms with Gasteiger partial charge in [0, 0.05) is 11.8 Å². The van der Waals surface area contributed by atoms with Crippen molar-refractivity contribution in [1.82, 2.24) is 20.3 Å². The highest BCUT2D eigenvalue weighted by Gasteiger charge is 2.14. The number of carboxylic acid groups (broad SMARTS) is 1. The predicted molar refractivity (Wildman–Crippen MR) is 85.6 cm³/mol. The first-order valence-electron chi connectivity index (χ1n) is 7.06. The molecule has 0 saturated heterocycles. The van der Waals surface area contributed by atoms with Gasteiger partial charge in [0.25, 0.3) is 6.47 Å². The van der Waals surface area contributed by atoms with Gasteiger partial charge in [0.2, 0.25) is 5.91 Å². The number of amides is 1. The van der Waals surface area contributed by atoms with Crippen molar-refractivity contribution in [3.63, 3.8) is 0 Å². The van der Waals surface area contributed by atoms with Crippen molar-refractivity contribution < 1.29 is 19.2 Å². The third-order valence-electron chi connectivity index (χ3n) is 3.12. The lowest BCUT2D eigenvalue weighted by molar-refractivity contribution is -0.123. The van der Waals surface area contributed by atoms with Crippen LogP contribution >= 0.6 is 0 Å². The molecule has 0 aromatic carbocycles. The van der Waals surface area contributed by atoms with Crippen LogP contribution in [0, 0.1) is 20.8 Å². The molecule has 0 aliphatic heterocycles. The van der Waals surface area contributed by atoms with Crippen LogP contribution < -0.4 is 5.32 Å². The van der Waals surface area contributed by atoms with Crippen LogP contribution in [-0.4, -0.2) is 37.8 Å². The van der Waals surface area contributed by atoms with Crippen LogP contribution in [0.1, 0.15) is 22.7 Å². The minimum atomic E-state index is -0.250. The zero-order valence-corrected chi connectivity index (χ0v) is 13.5. The second kappa shape index (κ2) is 7.36. The van der Waals surface area contributed by atoms with Gasteiger partial charge in [-0.3, -0.25) is 14.7 Å². The fourth-order valence-corrected chi connectivity index (χ4v) is 2.31. The first-order chi connectivity index (χ1) is 11.4. The largest absolute Gasteiger partial charge is 0.483 e. The normalized spacial score (nSPS) is 10.1. The monoisotopic (exact) mass is 331 g/mol. The molecule has 3 rings (SSSR count). The molecule has 3 aromatic rings. The number of hydrogen-bond acceptors (Lipinski definition) is 6. The Morgan fingerprint density at radius 3 is 2.67 bits per heavy atom. The van der Waals surface area contributed by atoms with Crippen LogP contribution in [0.15, 0.2) is 16.7 Å². The van der Waals surface area contributed by atoms with E-state index in [0.29, 0.717) is 17.2 Å². The summed E-state index contributed by atoms with van der Waals surface area (Å²) >= 11 is 0. The molecule has 0 fully saturated rings. The summed E-state index contributed by atoms with van der Waals surface area (Å²) in [7, 11) is 0. The Balaban J connectivity index is 0.000000647. The Kier molecular flexibility index (Phi) is 5.25. The molecule has 3 aromatic heterocycles. The third-order valence-corrected chi connectivity index (χ3v) is 3.12. The van der Waals surface area contributed by atoms with Crippen LogP contribution in [0.25, 0.3) is 11.0 Å². The number of aryl methyl sites for hydroxylation is 3. The van der Waals surface area contributed by atoms with Crippen LogP contribution in [0.3, 0.4) is 0 Å². The number of hydrogen-bond donors (Lipinski definition) is 3. The standard InChI is InChI=1S/C14H15N5O2.CH2O2/c1-7-4-8(2)15-13-12(7)14(18-17-13)16-11(20)6-10-5-9(3)19-21-10;2-1-3/h4-5H,6H2,1-3H3,(H2,15,16,17,18,20);1H,(H,2,3). The minimum Gasteiger partial charge on any atom is -0.483 e. The van der Waals surface area contributed by atoms with Gasteiger partial charge in [0.1, 0.15) is 5.76 Å². The number of H-pyrrole nitrogens is 1. The van der Waals surface area contributed by atoms with E-state index in [-0.39, 0.29) is 18.8 Å². The second-order valence-electron chi connectivity index (χ2n) is 5.14. The van der Waals surface area contributed by atoms with Crippen molar-refractivity contribution in [2.75, 3.05) is 5.32 Å². The van der Waals surface area contributed by atoms with Gasteiger partial charge in [-0.2, -0.15) is 5.10 Å². The lowest BCUT2D eigenvalue weighted by atomic mass is 10.2. The van der Waals surface area contributed by atoms with Crippen molar-refractivity contribution in [2.24, 2.45) is 0 Å². The van der Waals surface area contributed by atoms with Crippen molar-refractivity contribution in [3.8, 4) is 0 Å². The van der Waals surface area contributed by atoms with Gasteiger partial charge in [-0.05, 0) is 32.4 Å². The number of pyridine rings is 1. The van der Waals surface area contributed by atoms with Gasteiger partial charge < -0.3 is 14.9 Å². The average Bonchev–Trinajstić information content (AvgIpc) is 3.06. The molecule has 0 spiro atoms. The Morgan fingerprint density at radius 2 is 2.04 bits per heavy atom. The zero-order chi connectivity index (χ0) is 17.7. The van der Waals surface area contributed by atoms with Crippen LogP contribution in [0.4, 0.5) is 5.82 Å². The Hall–Kier alpha value is -3.23. The maximum Gasteiger partial charge on any atom is 0.290 e. The Labute approximate surface area is 137 Å². The molecule has 1 amide bonds. The number of rotatable bonds is 3. The summed E-state index contributed by atoms with van der Waals surface area (Å²) in [6.07, 6.45) is 0.119. The summed E-state index contributed by atoms with van der Waals surface area (Å²) in [6.45, 7) is 5.43. The summed E-state index contributed by atoms with van der Waals surface area (Å²) in [6, 6.07) is 3.69. The molecule has 24 heavy (non-hydrogen) atoms. The van der Waals surface area contributed by atoms with E-state index in [4.69, 9.17) is 14.4 Å². The van der Waals surface area contributed by atoms with Gasteiger partial charge in [0.15, 0.2) is 11.5 Å². The zero-order valence-electron chi connectivity index (χ0n) is 13.5. The van der Waals surface area contributed by atoms with Gasteiger partial charge in [-0.15, -0.1) is 0 Å². The van der Waals surface area contributed by atoms with Crippen LogP contribution in [0.2, 0.25) is 0 Å². The third kappa shape index (κ3) is 3.94. The van der Waals surface area contributed by atoms with E-state index < -0.39 is 0 Å². The van der Waals surface area contributed by atoms with E-state index in [1.807, 2.05) is 26.8 Å². The van der Waals surface area contributed by atoms with E-state index in [2.05, 4.69) is 25.7 Å². The van der Waals surface area contributed by atoms with E-state index in [1.54, 1.807) is 6.07 Å². The highest BCUT2D eigenvalue weighted by molar-refractivity contribution is 6.00. The summed E-state index contributed by atoms with van der Waals surface area (Å²) in [5.41, 5.74) is 3.33. The number of fused-ring (bicyclic) bond motifs is 1. The summed E-state index contributed by atoms with van der Waals surface area (Å²) in [4.78, 5) is 24.8. The van der Waals surface area contributed by atoms with Gasteiger partial charge in [0.05, 0.1) is 17.5 Å². The summed E-state index contributed by atoms with van der Waals surface area (Å²) in [5, 5.41) is 21.2. The van der Waals surface area contributed by atoms with Gasteiger partial charge >= 0.3 is 0 Å². The average molecular weight is 331 g/mol. The first-order valence-corrected chi connectivity index (χ1v) is 7.06. The maximum atomic E-state index is 12.0. The maximum absolute atomic E-state index is 12.0. The molecular weight excluding hydrogens is 314 g/mol. The molecule has 3 N–H and O–H groups in total. The number of anilines is 1. The highest BCUT2D eigenvalue weighted by Crippen LogP contribution is 2.23. The van der Waals surface area contributed by atoms with Gasteiger partial charge in [-0.1, -0.05) is 5.16 Å². The lowest BCUT2D eigenvalue weighted by Crippen LogP contribution is -2.14. The molecule has 3 heterocycles. The van der Waals surface area contributed by atoms with Crippen LogP contribution in [-0.2, 0) is 16.0 Å². The predicted octanol–water partition coefficient (Wildman–Crippen LogP) is 1.75. The first kappa shape index (κ1) is 17.1. The SMILES string of the molecule is Cc1cc(CC(=O)Nc2n[nH]c3nc(C)cc(C)c23)on1.O=CO. The fourth-order valence-electron chi connectivity index (χ4n) is 2.31. The van der Waals surface area contributed by atoms with Crippen molar-refractivity contribution >= 4 is 29.2 Å². The van der Waals surface area contributed by atoms with Gasteiger partial charge in [-0.25, -0.2) is 4.98 Å². The fraction of sp³-hybridized carbons (Fsp3) is 0.267. The number of carbonyl (C=O) groups excluding carboxylic acids is 1. The quantitative estimate of drug-likeness (QED) is 0.622. The Morgan fingerprint density at radius 1 is 1.33 bits per heavy atom. The molecular formula is C15H17N5O4. The molecule has 9 nitrogen and oxygen atoms in total. The highest BCUT2D eigenvalue weighted by atomic mass is 16.5. The molecule has 9 heteroatoms. The molecule has 0 unspecified atom stereocenters. The summed E-state index contributed by atoms with van der Waals surface area (Å²) in [5.74, 6) is 0.797. The van der Waals surface area contributed by atoms with Crippen LogP contribution in [0.5, 0.6) is 0 Å². The molecule has 0 saturated carbocycles. The summed E-state index contributed by atoms with van der Waals surface area (Å²) < 4.78 is 5.03. The molecule has 0 atom stereocenters. The smallest absolute Gasteiger partial charge is 0.290 e. The molecule has 0 aliphatic carbocycles. The number of aromatic amines is 1. The number of nitrogens with zero attached hydrogens (tertiary/aromatic N) is 3. The topological polar surface area (TPSA) is 134 Å². The Bertz CT molecular complexity index is 868. The van der Waals surface area contributed by atoms with Crippen molar-refractivity contribution in [2.45, 2.75) is 27.2 Å². The number of carbonyl (C=O) groups is 2. The molecule has 0 radical (unpaired) electrons. The second-order valence-corrected chi connectivity index (χ2v) is 5.14. The van der Waals surface area contributed by atoms with Crippen molar-refractivity contribution in [1.29, 1.82) is 0 Å². The lowest BCUT2D eigenvalue weighted by Gasteiger charge is -2.03. The molecule has 126 valence electrons. The minimum absolute atomic E-state index is 0.119. The molecule has 0 aliphatic rings. The van der Waals surface area contributed by atoms with Crippen molar-refractivity contribution in [3.05, 3.63) is 34.8 Å². The number of aromatic nitrogens is 4. The van der Waals surface area contributed by atoms with E-state index >= 15 is 0 Å². The molecule has 0 bridgehead atoms. The van der Waals surface area contributed by atoms with E-state index in [1.165, 1.54) is 0 Å².